The Hall–Kier alpha value is -3.74. The number of nitrogens with one attached hydrogen (secondary N) is 1. The van der Waals surface area contributed by atoms with E-state index in [4.69, 9.17) is 14.2 Å². The van der Waals surface area contributed by atoms with Crippen LogP contribution >= 0.6 is 0 Å². The summed E-state index contributed by atoms with van der Waals surface area (Å²) in [6.45, 7) is 0.470. The Labute approximate surface area is 175 Å². The molecule has 0 saturated heterocycles. The molecule has 7 heteroatoms. The van der Waals surface area contributed by atoms with Crippen LogP contribution in [-0.2, 0) is 0 Å². The molecule has 4 rings (SSSR count). The van der Waals surface area contributed by atoms with Gasteiger partial charge in [-0.05, 0) is 35.9 Å². The van der Waals surface area contributed by atoms with E-state index >= 15 is 0 Å². The number of amides is 2. The van der Waals surface area contributed by atoms with Crippen LogP contribution in [0.4, 0.5) is 16.3 Å². The number of urea groups is 1. The van der Waals surface area contributed by atoms with E-state index in [1.165, 1.54) is 0 Å². The number of fused-ring (bicyclic) bond motifs is 1. The Bertz CT molecular complexity index is 1070. The van der Waals surface area contributed by atoms with Crippen molar-refractivity contribution in [2.45, 2.75) is 5.92 Å². The van der Waals surface area contributed by atoms with Gasteiger partial charge in [-0.1, -0.05) is 18.2 Å². The summed E-state index contributed by atoms with van der Waals surface area (Å²) >= 11 is 0. The van der Waals surface area contributed by atoms with Crippen molar-refractivity contribution in [3.05, 3.63) is 71.9 Å². The Morgan fingerprint density at radius 1 is 1.00 bits per heavy atom. The third-order valence-electron chi connectivity index (χ3n) is 5.19. The predicted octanol–water partition coefficient (Wildman–Crippen LogP) is 4.29. The van der Waals surface area contributed by atoms with Crippen LogP contribution in [-0.4, -0.2) is 38.9 Å². The van der Waals surface area contributed by atoms with Gasteiger partial charge in [-0.3, -0.25) is 4.90 Å². The van der Waals surface area contributed by atoms with Gasteiger partial charge in [-0.2, -0.15) is 0 Å². The highest BCUT2D eigenvalue weighted by Gasteiger charge is 2.35. The topological polar surface area (TPSA) is 72.9 Å². The minimum absolute atomic E-state index is 0.0236. The highest BCUT2D eigenvalue weighted by atomic mass is 16.5. The third kappa shape index (κ3) is 3.61. The SMILES string of the molecule is COc1cccc(NC(=O)N2CC(c3ccc(OC)c(OC)c3)c3cccnc32)c1. The number of hydrogen-bond acceptors (Lipinski definition) is 5. The fourth-order valence-corrected chi connectivity index (χ4v) is 3.70. The molecule has 30 heavy (non-hydrogen) atoms. The average molecular weight is 405 g/mol. The molecule has 1 aromatic heterocycles. The van der Waals surface area contributed by atoms with Crippen LogP contribution < -0.4 is 24.4 Å². The van der Waals surface area contributed by atoms with Gasteiger partial charge < -0.3 is 19.5 Å². The molecular weight excluding hydrogens is 382 g/mol. The van der Waals surface area contributed by atoms with Crippen molar-refractivity contribution < 1.29 is 19.0 Å². The number of benzene rings is 2. The molecule has 0 radical (unpaired) electrons. The number of hydrogen-bond donors (Lipinski definition) is 1. The second-order valence-corrected chi connectivity index (χ2v) is 6.86. The van der Waals surface area contributed by atoms with Crippen LogP contribution in [0.5, 0.6) is 17.2 Å². The first-order chi connectivity index (χ1) is 14.6. The molecule has 2 aromatic carbocycles. The van der Waals surface area contributed by atoms with Crippen molar-refractivity contribution in [1.82, 2.24) is 4.98 Å². The molecule has 1 N–H and O–H groups in total. The molecule has 0 bridgehead atoms. The number of carbonyl (C=O) groups is 1. The lowest BCUT2D eigenvalue weighted by molar-refractivity contribution is 0.257. The van der Waals surface area contributed by atoms with Crippen molar-refractivity contribution in [2.75, 3.05) is 38.1 Å². The molecule has 0 fully saturated rings. The van der Waals surface area contributed by atoms with E-state index in [0.717, 1.165) is 11.1 Å². The number of methoxy groups -OCH3 is 3. The number of anilines is 2. The van der Waals surface area contributed by atoms with Crippen LogP contribution in [0, 0.1) is 0 Å². The van der Waals surface area contributed by atoms with E-state index in [-0.39, 0.29) is 11.9 Å². The Morgan fingerprint density at radius 3 is 2.60 bits per heavy atom. The molecule has 1 aliphatic heterocycles. The molecule has 3 aromatic rings. The van der Waals surface area contributed by atoms with Gasteiger partial charge >= 0.3 is 6.03 Å². The van der Waals surface area contributed by atoms with Gasteiger partial charge in [0, 0.05) is 36.0 Å². The van der Waals surface area contributed by atoms with Gasteiger partial charge in [0.2, 0.25) is 0 Å². The molecule has 0 spiro atoms. The number of carbonyl (C=O) groups excluding carboxylic acids is 1. The largest absolute Gasteiger partial charge is 0.497 e. The van der Waals surface area contributed by atoms with Crippen molar-refractivity contribution in [1.29, 1.82) is 0 Å². The quantitative estimate of drug-likeness (QED) is 0.686. The summed E-state index contributed by atoms with van der Waals surface area (Å²) in [6.07, 6.45) is 1.70. The first-order valence-electron chi connectivity index (χ1n) is 9.54. The average Bonchev–Trinajstić information content (AvgIpc) is 3.18. The molecule has 2 amide bonds. The van der Waals surface area contributed by atoms with E-state index in [2.05, 4.69) is 10.3 Å². The number of pyridine rings is 1. The van der Waals surface area contributed by atoms with Gasteiger partial charge in [0.05, 0.1) is 21.3 Å². The van der Waals surface area contributed by atoms with Crippen LogP contribution in [0.25, 0.3) is 0 Å². The monoisotopic (exact) mass is 405 g/mol. The maximum atomic E-state index is 13.1. The van der Waals surface area contributed by atoms with Crippen LogP contribution in [0.15, 0.2) is 60.8 Å². The third-order valence-corrected chi connectivity index (χ3v) is 5.19. The van der Waals surface area contributed by atoms with Crippen molar-refractivity contribution in [2.24, 2.45) is 0 Å². The second-order valence-electron chi connectivity index (χ2n) is 6.86. The minimum Gasteiger partial charge on any atom is -0.497 e. The van der Waals surface area contributed by atoms with E-state index in [1.54, 1.807) is 38.5 Å². The molecule has 1 aliphatic rings. The van der Waals surface area contributed by atoms with Gasteiger partial charge in [-0.25, -0.2) is 9.78 Å². The lowest BCUT2D eigenvalue weighted by Crippen LogP contribution is -2.34. The van der Waals surface area contributed by atoms with Crippen molar-refractivity contribution in [3.8, 4) is 17.2 Å². The second kappa shape index (κ2) is 8.32. The zero-order valence-corrected chi connectivity index (χ0v) is 17.1. The minimum atomic E-state index is -0.244. The highest BCUT2D eigenvalue weighted by molar-refractivity contribution is 6.03. The highest BCUT2D eigenvalue weighted by Crippen LogP contribution is 2.41. The zero-order valence-electron chi connectivity index (χ0n) is 17.1. The molecule has 7 nitrogen and oxygen atoms in total. The maximum Gasteiger partial charge on any atom is 0.327 e. The molecule has 0 aliphatic carbocycles. The Kier molecular flexibility index (Phi) is 5.43. The summed E-state index contributed by atoms with van der Waals surface area (Å²) in [5.41, 5.74) is 2.68. The maximum absolute atomic E-state index is 13.1. The fraction of sp³-hybridized carbons (Fsp3) is 0.217. The molecule has 154 valence electrons. The van der Waals surface area contributed by atoms with Crippen LogP contribution in [0.2, 0.25) is 0 Å². The van der Waals surface area contributed by atoms with Gasteiger partial charge in [0.1, 0.15) is 11.6 Å². The summed E-state index contributed by atoms with van der Waals surface area (Å²) < 4.78 is 16.0. The van der Waals surface area contributed by atoms with Gasteiger partial charge in [-0.15, -0.1) is 0 Å². The standard InChI is InChI=1S/C23H23N3O4/c1-28-17-7-4-6-16(13-17)25-23(27)26-14-19(18-8-5-11-24-22(18)26)15-9-10-20(29-2)21(12-15)30-3/h4-13,19H,14H2,1-3H3,(H,25,27). The smallest absolute Gasteiger partial charge is 0.327 e. The number of nitrogens with zero attached hydrogens (tertiary/aromatic N) is 2. The summed E-state index contributed by atoms with van der Waals surface area (Å²) in [4.78, 5) is 19.2. The lowest BCUT2D eigenvalue weighted by Gasteiger charge is -2.18. The number of ether oxygens (including phenoxy) is 3. The summed E-state index contributed by atoms with van der Waals surface area (Å²) in [5.74, 6) is 2.62. The van der Waals surface area contributed by atoms with E-state index in [0.29, 0.717) is 35.3 Å². The molecular formula is C23H23N3O4. The molecule has 1 atom stereocenters. The van der Waals surface area contributed by atoms with Crippen molar-refractivity contribution in [3.63, 3.8) is 0 Å². The first-order valence-corrected chi connectivity index (χ1v) is 9.54. The molecule has 2 heterocycles. The molecule has 0 saturated carbocycles. The van der Waals surface area contributed by atoms with Crippen LogP contribution in [0.3, 0.4) is 0 Å². The van der Waals surface area contributed by atoms with E-state index in [9.17, 15) is 4.79 Å². The summed E-state index contributed by atoms with van der Waals surface area (Å²) in [7, 11) is 4.81. The normalized spacial score (nSPS) is 14.8. The molecule has 1 unspecified atom stereocenters. The fourth-order valence-electron chi connectivity index (χ4n) is 3.70. The summed E-state index contributed by atoms with van der Waals surface area (Å²) in [5, 5.41) is 2.93. The number of aromatic nitrogens is 1. The zero-order chi connectivity index (χ0) is 21.1. The number of rotatable bonds is 5. The van der Waals surface area contributed by atoms with Gasteiger partial charge in [0.15, 0.2) is 11.5 Å². The predicted molar refractivity (Wildman–Crippen MR) is 115 cm³/mol. The summed E-state index contributed by atoms with van der Waals surface area (Å²) in [6, 6.07) is 16.7. The first kappa shape index (κ1) is 19.6. The van der Waals surface area contributed by atoms with Crippen molar-refractivity contribution >= 4 is 17.5 Å². The van der Waals surface area contributed by atoms with Crippen LogP contribution in [0.1, 0.15) is 17.0 Å². The Balaban J connectivity index is 1.63. The Morgan fingerprint density at radius 2 is 1.83 bits per heavy atom. The van der Waals surface area contributed by atoms with E-state index in [1.807, 2.05) is 48.5 Å². The lowest BCUT2D eigenvalue weighted by atomic mass is 9.94. The van der Waals surface area contributed by atoms with Gasteiger partial charge in [0.25, 0.3) is 0 Å². The van der Waals surface area contributed by atoms with E-state index < -0.39 is 0 Å².